The lowest BCUT2D eigenvalue weighted by molar-refractivity contribution is -0.144. The molecule has 1 aromatic rings. The molecule has 0 aliphatic carbocycles. The Morgan fingerprint density at radius 2 is 1.86 bits per heavy atom. The van der Waals surface area contributed by atoms with Crippen molar-refractivity contribution in [2.75, 3.05) is 13.7 Å². The number of nitrogens with one attached hydrogen (secondary N) is 2. The summed E-state index contributed by atoms with van der Waals surface area (Å²) in [5.41, 5.74) is 0.515. The van der Waals surface area contributed by atoms with Gasteiger partial charge in [0.15, 0.2) is 0 Å². The minimum absolute atomic E-state index is 0.0869. The van der Waals surface area contributed by atoms with Crippen molar-refractivity contribution in [2.45, 2.75) is 19.4 Å². The molecule has 0 saturated carbocycles. The van der Waals surface area contributed by atoms with Crippen LogP contribution in [0.15, 0.2) is 28.7 Å². The third-order valence-electron chi connectivity index (χ3n) is 2.68. The molecule has 0 aliphatic rings. The minimum Gasteiger partial charge on any atom is -0.467 e. The van der Waals surface area contributed by atoms with E-state index in [4.69, 9.17) is 0 Å². The summed E-state index contributed by atoms with van der Waals surface area (Å²) in [6.45, 7) is 1.72. The van der Waals surface area contributed by atoms with Gasteiger partial charge in [0.1, 0.15) is 6.04 Å². The first-order valence-electron chi connectivity index (χ1n) is 6.35. The molecule has 21 heavy (non-hydrogen) atoms. The van der Waals surface area contributed by atoms with Gasteiger partial charge in [0, 0.05) is 23.0 Å². The van der Waals surface area contributed by atoms with Gasteiger partial charge >= 0.3 is 5.97 Å². The molecule has 0 heterocycles. The van der Waals surface area contributed by atoms with E-state index in [1.54, 1.807) is 24.3 Å². The Morgan fingerprint density at radius 3 is 2.43 bits per heavy atom. The minimum atomic E-state index is -0.704. The molecule has 7 heteroatoms. The van der Waals surface area contributed by atoms with Gasteiger partial charge in [-0.2, -0.15) is 0 Å². The number of methoxy groups -OCH3 is 1. The Hall–Kier alpha value is -1.89. The maximum atomic E-state index is 11.8. The predicted molar refractivity (Wildman–Crippen MR) is 80.7 cm³/mol. The average molecular weight is 357 g/mol. The molecule has 0 unspecified atom stereocenters. The van der Waals surface area contributed by atoms with Gasteiger partial charge < -0.3 is 15.4 Å². The number of ether oxygens (including phenoxy) is 1. The summed E-state index contributed by atoms with van der Waals surface area (Å²) >= 11 is 3.28. The van der Waals surface area contributed by atoms with E-state index in [9.17, 15) is 14.4 Å². The number of carbonyl (C=O) groups excluding carboxylic acids is 3. The number of esters is 1. The van der Waals surface area contributed by atoms with Crippen molar-refractivity contribution in [3.05, 3.63) is 34.3 Å². The molecule has 0 fully saturated rings. The highest BCUT2D eigenvalue weighted by atomic mass is 79.9. The Kier molecular flexibility index (Phi) is 6.87. The Bertz CT molecular complexity index is 516. The average Bonchev–Trinajstić information content (AvgIpc) is 2.46. The van der Waals surface area contributed by atoms with E-state index in [0.29, 0.717) is 5.56 Å². The molecule has 1 atom stereocenters. The molecule has 2 N–H and O–H groups in total. The van der Waals surface area contributed by atoms with E-state index < -0.39 is 12.0 Å². The lowest BCUT2D eigenvalue weighted by Crippen LogP contribution is -2.40. The molecule has 0 aliphatic heterocycles. The summed E-state index contributed by atoms with van der Waals surface area (Å²) in [5, 5.41) is 5.12. The first kappa shape index (κ1) is 17.2. The fourth-order valence-electron chi connectivity index (χ4n) is 1.54. The van der Waals surface area contributed by atoms with Crippen LogP contribution in [-0.2, 0) is 14.3 Å². The number of hydrogen-bond acceptors (Lipinski definition) is 4. The molecule has 1 rings (SSSR count). The molecule has 0 radical (unpaired) electrons. The Balaban J connectivity index is 2.33. The largest absolute Gasteiger partial charge is 0.467 e. The standard InChI is InChI=1S/C14H17BrN2O4/c1-9(14(20)21-2)17-12(18)7-8-16-13(19)10-3-5-11(15)6-4-10/h3-6,9H,7-8H2,1-2H3,(H,16,19)(H,17,18)/t9-/m0/s1. The fourth-order valence-corrected chi connectivity index (χ4v) is 1.81. The number of amides is 2. The summed E-state index contributed by atoms with van der Waals surface area (Å²) in [5.74, 6) is -1.09. The van der Waals surface area contributed by atoms with Crippen LogP contribution in [-0.4, -0.2) is 37.5 Å². The summed E-state index contributed by atoms with van der Waals surface area (Å²) in [6.07, 6.45) is 0.0869. The van der Waals surface area contributed by atoms with Crippen LogP contribution in [0.5, 0.6) is 0 Å². The molecule has 114 valence electrons. The number of halogens is 1. The van der Waals surface area contributed by atoms with Crippen LogP contribution in [0.3, 0.4) is 0 Å². The number of rotatable bonds is 6. The highest BCUT2D eigenvalue weighted by molar-refractivity contribution is 9.10. The van der Waals surface area contributed by atoms with Crippen molar-refractivity contribution in [3.8, 4) is 0 Å². The monoisotopic (exact) mass is 356 g/mol. The Labute approximate surface area is 131 Å². The molecule has 0 saturated heterocycles. The van der Waals surface area contributed by atoms with Crippen molar-refractivity contribution in [1.82, 2.24) is 10.6 Å². The summed E-state index contributed by atoms with van der Waals surface area (Å²) < 4.78 is 5.38. The molecule has 0 aromatic heterocycles. The zero-order valence-corrected chi connectivity index (χ0v) is 13.4. The highest BCUT2D eigenvalue weighted by Crippen LogP contribution is 2.10. The van der Waals surface area contributed by atoms with Crippen LogP contribution in [0, 0.1) is 0 Å². The number of benzene rings is 1. The zero-order chi connectivity index (χ0) is 15.8. The van der Waals surface area contributed by atoms with Crippen LogP contribution in [0.4, 0.5) is 0 Å². The van der Waals surface area contributed by atoms with Crippen LogP contribution < -0.4 is 10.6 Å². The van der Waals surface area contributed by atoms with E-state index in [-0.39, 0.29) is 24.8 Å². The summed E-state index contributed by atoms with van der Waals surface area (Å²) in [4.78, 5) is 34.5. The molecule has 1 aromatic carbocycles. The van der Waals surface area contributed by atoms with E-state index in [0.717, 1.165) is 4.47 Å². The van der Waals surface area contributed by atoms with Crippen molar-refractivity contribution in [1.29, 1.82) is 0 Å². The SMILES string of the molecule is COC(=O)[C@H](C)NC(=O)CCNC(=O)c1ccc(Br)cc1. The molecule has 0 spiro atoms. The van der Waals surface area contributed by atoms with Crippen molar-refractivity contribution in [3.63, 3.8) is 0 Å². The fraction of sp³-hybridized carbons (Fsp3) is 0.357. The van der Waals surface area contributed by atoms with Gasteiger partial charge in [-0.15, -0.1) is 0 Å². The van der Waals surface area contributed by atoms with E-state index >= 15 is 0 Å². The maximum Gasteiger partial charge on any atom is 0.328 e. The van der Waals surface area contributed by atoms with Gasteiger partial charge in [-0.3, -0.25) is 9.59 Å². The smallest absolute Gasteiger partial charge is 0.328 e. The normalized spacial score (nSPS) is 11.4. The lowest BCUT2D eigenvalue weighted by atomic mass is 10.2. The Morgan fingerprint density at radius 1 is 1.24 bits per heavy atom. The highest BCUT2D eigenvalue weighted by Gasteiger charge is 2.15. The van der Waals surface area contributed by atoms with Crippen molar-refractivity contribution < 1.29 is 19.1 Å². The maximum absolute atomic E-state index is 11.8. The number of hydrogen-bond donors (Lipinski definition) is 2. The van der Waals surface area contributed by atoms with Crippen LogP contribution >= 0.6 is 15.9 Å². The predicted octanol–water partition coefficient (Wildman–Crippen LogP) is 1.25. The quantitative estimate of drug-likeness (QED) is 0.751. The van der Waals surface area contributed by atoms with Crippen LogP contribution in [0.25, 0.3) is 0 Å². The van der Waals surface area contributed by atoms with Gasteiger partial charge in [0.2, 0.25) is 5.91 Å². The van der Waals surface area contributed by atoms with E-state index in [1.165, 1.54) is 14.0 Å². The molecular formula is C14H17BrN2O4. The van der Waals surface area contributed by atoms with Crippen LogP contribution in [0.1, 0.15) is 23.7 Å². The van der Waals surface area contributed by atoms with Crippen molar-refractivity contribution >= 4 is 33.7 Å². The first-order valence-corrected chi connectivity index (χ1v) is 7.14. The summed E-state index contributed by atoms with van der Waals surface area (Å²) in [6, 6.07) is 6.18. The van der Waals surface area contributed by atoms with E-state index in [2.05, 4.69) is 31.3 Å². The van der Waals surface area contributed by atoms with Gasteiger partial charge in [0.05, 0.1) is 7.11 Å². The second-order valence-electron chi connectivity index (χ2n) is 4.33. The van der Waals surface area contributed by atoms with Crippen LogP contribution in [0.2, 0.25) is 0 Å². The first-order chi connectivity index (χ1) is 9.93. The van der Waals surface area contributed by atoms with Gasteiger partial charge in [0.25, 0.3) is 5.91 Å². The number of carbonyl (C=O) groups is 3. The third kappa shape index (κ3) is 5.95. The summed E-state index contributed by atoms with van der Waals surface area (Å²) in [7, 11) is 1.25. The van der Waals surface area contributed by atoms with E-state index in [1.807, 2.05) is 0 Å². The molecule has 6 nitrogen and oxygen atoms in total. The molecule has 0 bridgehead atoms. The molecule has 2 amide bonds. The second-order valence-corrected chi connectivity index (χ2v) is 5.24. The van der Waals surface area contributed by atoms with Gasteiger partial charge in [-0.05, 0) is 31.2 Å². The van der Waals surface area contributed by atoms with Gasteiger partial charge in [-0.25, -0.2) is 4.79 Å². The topological polar surface area (TPSA) is 84.5 Å². The third-order valence-corrected chi connectivity index (χ3v) is 3.20. The second kappa shape index (κ2) is 8.41. The lowest BCUT2D eigenvalue weighted by Gasteiger charge is -2.11. The zero-order valence-electron chi connectivity index (χ0n) is 11.8. The van der Waals surface area contributed by atoms with Crippen molar-refractivity contribution in [2.24, 2.45) is 0 Å². The molecular weight excluding hydrogens is 340 g/mol. The van der Waals surface area contributed by atoms with Gasteiger partial charge in [-0.1, -0.05) is 15.9 Å².